The third-order valence-electron chi connectivity index (χ3n) is 6.17. The van der Waals surface area contributed by atoms with Crippen molar-refractivity contribution in [1.29, 1.82) is 0 Å². The van der Waals surface area contributed by atoms with Gasteiger partial charge in [-0.05, 0) is 61.7 Å². The lowest BCUT2D eigenvalue weighted by atomic mass is 9.96. The number of anilines is 1. The second-order valence-electron chi connectivity index (χ2n) is 8.80. The van der Waals surface area contributed by atoms with Crippen molar-refractivity contribution in [2.75, 3.05) is 18.4 Å². The Kier molecular flexibility index (Phi) is 7.55. The first-order chi connectivity index (χ1) is 16.9. The van der Waals surface area contributed by atoms with Crippen molar-refractivity contribution < 1.29 is 18.8 Å². The zero-order valence-corrected chi connectivity index (χ0v) is 19.6. The number of benzene rings is 3. The Hall–Kier alpha value is -4.00. The van der Waals surface area contributed by atoms with Crippen molar-refractivity contribution in [3.05, 3.63) is 101 Å². The van der Waals surface area contributed by atoms with Crippen LogP contribution in [0.2, 0.25) is 0 Å². The summed E-state index contributed by atoms with van der Waals surface area (Å²) in [5.41, 5.74) is 3.33. The van der Waals surface area contributed by atoms with E-state index in [1.807, 2.05) is 31.2 Å². The van der Waals surface area contributed by atoms with Crippen LogP contribution in [-0.2, 0) is 11.3 Å². The van der Waals surface area contributed by atoms with Gasteiger partial charge >= 0.3 is 0 Å². The molecule has 180 valence electrons. The summed E-state index contributed by atoms with van der Waals surface area (Å²) in [6.45, 7) is 3.19. The minimum atomic E-state index is -0.406. The minimum absolute atomic E-state index is 0.224. The lowest BCUT2D eigenvalue weighted by molar-refractivity contribution is -0.121. The normalized spacial score (nSPS) is 15.4. The molecule has 7 heteroatoms. The van der Waals surface area contributed by atoms with E-state index in [1.165, 1.54) is 24.3 Å². The molecule has 1 aliphatic heterocycles. The van der Waals surface area contributed by atoms with Gasteiger partial charge in [0.1, 0.15) is 5.82 Å². The SMILES string of the molecule is Cc1ccc(CNC(=O)c2ccccc2NC(=O)C2CCCN(C(=O)c3ccc(F)cc3)C2)cc1. The Balaban J connectivity index is 1.39. The molecule has 1 aliphatic rings. The molecule has 2 N–H and O–H groups in total. The van der Waals surface area contributed by atoms with E-state index < -0.39 is 11.7 Å². The smallest absolute Gasteiger partial charge is 0.253 e. The summed E-state index contributed by atoms with van der Waals surface area (Å²) in [7, 11) is 0. The summed E-state index contributed by atoms with van der Waals surface area (Å²) >= 11 is 0. The molecule has 0 saturated carbocycles. The van der Waals surface area contributed by atoms with Crippen LogP contribution in [0.25, 0.3) is 0 Å². The number of rotatable bonds is 6. The Bertz CT molecular complexity index is 1210. The monoisotopic (exact) mass is 473 g/mol. The summed E-state index contributed by atoms with van der Waals surface area (Å²) in [6, 6.07) is 20.2. The number of aryl methyl sites for hydroxylation is 1. The lowest BCUT2D eigenvalue weighted by Gasteiger charge is -2.32. The van der Waals surface area contributed by atoms with Crippen LogP contribution < -0.4 is 10.6 Å². The highest BCUT2D eigenvalue weighted by molar-refractivity contribution is 6.04. The fourth-order valence-electron chi connectivity index (χ4n) is 4.16. The number of hydrogen-bond acceptors (Lipinski definition) is 3. The second kappa shape index (κ2) is 11.0. The summed E-state index contributed by atoms with van der Waals surface area (Å²) in [5.74, 6) is -1.55. The number of hydrogen-bond donors (Lipinski definition) is 2. The van der Waals surface area contributed by atoms with Gasteiger partial charge in [0, 0.05) is 25.2 Å². The number of halogens is 1. The van der Waals surface area contributed by atoms with Crippen LogP contribution in [0.3, 0.4) is 0 Å². The Morgan fingerprint density at radius 3 is 2.43 bits per heavy atom. The van der Waals surface area contributed by atoms with Gasteiger partial charge in [-0.15, -0.1) is 0 Å². The number of likely N-dealkylation sites (tertiary alicyclic amines) is 1. The molecule has 1 fully saturated rings. The van der Waals surface area contributed by atoms with Crippen LogP contribution in [-0.4, -0.2) is 35.7 Å². The van der Waals surface area contributed by atoms with Crippen LogP contribution in [0.5, 0.6) is 0 Å². The van der Waals surface area contributed by atoms with Gasteiger partial charge in [-0.25, -0.2) is 4.39 Å². The van der Waals surface area contributed by atoms with Crippen molar-refractivity contribution in [3.8, 4) is 0 Å². The Labute approximate surface area is 204 Å². The molecule has 35 heavy (non-hydrogen) atoms. The highest BCUT2D eigenvalue weighted by Gasteiger charge is 2.29. The van der Waals surface area contributed by atoms with Crippen molar-refractivity contribution >= 4 is 23.4 Å². The van der Waals surface area contributed by atoms with Crippen molar-refractivity contribution in [1.82, 2.24) is 10.2 Å². The van der Waals surface area contributed by atoms with Gasteiger partial charge in [0.05, 0.1) is 17.2 Å². The van der Waals surface area contributed by atoms with E-state index in [0.717, 1.165) is 11.1 Å². The van der Waals surface area contributed by atoms with E-state index >= 15 is 0 Å². The summed E-state index contributed by atoms with van der Waals surface area (Å²) in [6.07, 6.45) is 1.32. The second-order valence-corrected chi connectivity index (χ2v) is 8.80. The molecule has 0 spiro atoms. The van der Waals surface area contributed by atoms with Gasteiger partial charge in [0.25, 0.3) is 11.8 Å². The summed E-state index contributed by atoms with van der Waals surface area (Å²) in [4.78, 5) is 40.3. The number of nitrogens with zero attached hydrogens (tertiary/aromatic N) is 1. The van der Waals surface area contributed by atoms with E-state index in [4.69, 9.17) is 0 Å². The van der Waals surface area contributed by atoms with Gasteiger partial charge in [-0.2, -0.15) is 0 Å². The van der Waals surface area contributed by atoms with E-state index in [1.54, 1.807) is 29.2 Å². The number of piperidine rings is 1. The topological polar surface area (TPSA) is 78.5 Å². The molecule has 1 heterocycles. The van der Waals surface area contributed by atoms with Crippen LogP contribution >= 0.6 is 0 Å². The van der Waals surface area contributed by atoms with Crippen molar-refractivity contribution in [2.24, 2.45) is 5.92 Å². The van der Waals surface area contributed by atoms with Crippen LogP contribution in [0.1, 0.15) is 44.7 Å². The number of amides is 3. The first kappa shape index (κ1) is 24.1. The molecule has 1 atom stereocenters. The number of carbonyl (C=O) groups is 3. The molecule has 1 unspecified atom stereocenters. The summed E-state index contributed by atoms with van der Waals surface area (Å²) in [5, 5.41) is 5.79. The molecule has 3 aromatic carbocycles. The molecule has 0 aliphatic carbocycles. The van der Waals surface area contributed by atoms with Crippen molar-refractivity contribution in [3.63, 3.8) is 0 Å². The molecule has 0 bridgehead atoms. The molecular formula is C28H28FN3O3. The largest absolute Gasteiger partial charge is 0.348 e. The first-order valence-electron chi connectivity index (χ1n) is 11.7. The molecule has 1 saturated heterocycles. The predicted octanol–water partition coefficient (Wildman–Crippen LogP) is 4.56. The average molecular weight is 474 g/mol. The maximum atomic E-state index is 13.2. The van der Waals surface area contributed by atoms with Gasteiger partial charge < -0.3 is 15.5 Å². The zero-order valence-electron chi connectivity index (χ0n) is 19.6. The third kappa shape index (κ3) is 6.12. The van der Waals surface area contributed by atoms with Gasteiger partial charge in [0.2, 0.25) is 5.91 Å². The van der Waals surface area contributed by atoms with Gasteiger partial charge in [-0.1, -0.05) is 42.0 Å². The fraction of sp³-hybridized carbons (Fsp3) is 0.250. The number of para-hydroxylation sites is 1. The van der Waals surface area contributed by atoms with Crippen LogP contribution in [0.4, 0.5) is 10.1 Å². The highest BCUT2D eigenvalue weighted by Crippen LogP contribution is 2.22. The Morgan fingerprint density at radius 1 is 0.971 bits per heavy atom. The summed E-state index contributed by atoms with van der Waals surface area (Å²) < 4.78 is 13.2. The molecule has 3 amide bonds. The number of carbonyl (C=O) groups excluding carboxylic acids is 3. The standard InChI is InChI=1S/C28H28FN3O3/c1-19-8-10-20(11-9-19)17-30-27(34)24-6-2-3-7-25(24)31-26(33)22-5-4-16-32(18-22)28(35)21-12-14-23(29)15-13-21/h2-3,6-15,22H,4-5,16-18H2,1H3,(H,30,34)(H,31,33). The molecule has 0 aromatic heterocycles. The van der Waals surface area contributed by atoms with E-state index in [2.05, 4.69) is 10.6 Å². The fourth-order valence-corrected chi connectivity index (χ4v) is 4.16. The predicted molar refractivity (Wildman–Crippen MR) is 132 cm³/mol. The van der Waals surface area contributed by atoms with Crippen molar-refractivity contribution in [2.45, 2.75) is 26.3 Å². The molecule has 0 radical (unpaired) electrons. The maximum absolute atomic E-state index is 13.2. The van der Waals surface area contributed by atoms with Crippen LogP contribution in [0.15, 0.2) is 72.8 Å². The average Bonchev–Trinajstić information content (AvgIpc) is 2.88. The first-order valence-corrected chi connectivity index (χ1v) is 11.7. The molecular weight excluding hydrogens is 445 g/mol. The van der Waals surface area contributed by atoms with Gasteiger partial charge in [0.15, 0.2) is 0 Å². The van der Waals surface area contributed by atoms with Gasteiger partial charge in [-0.3, -0.25) is 14.4 Å². The van der Waals surface area contributed by atoms with E-state index in [9.17, 15) is 18.8 Å². The molecule has 6 nitrogen and oxygen atoms in total. The maximum Gasteiger partial charge on any atom is 0.253 e. The Morgan fingerprint density at radius 2 is 1.69 bits per heavy atom. The van der Waals surface area contributed by atoms with E-state index in [-0.39, 0.29) is 24.3 Å². The van der Waals surface area contributed by atoms with E-state index in [0.29, 0.717) is 42.7 Å². The quantitative estimate of drug-likeness (QED) is 0.551. The minimum Gasteiger partial charge on any atom is -0.348 e. The number of nitrogens with one attached hydrogen (secondary N) is 2. The molecule has 3 aromatic rings. The lowest BCUT2D eigenvalue weighted by Crippen LogP contribution is -2.43. The zero-order chi connectivity index (χ0) is 24.8. The molecule has 4 rings (SSSR count). The van der Waals surface area contributed by atoms with Crippen LogP contribution in [0, 0.1) is 18.7 Å². The highest BCUT2D eigenvalue weighted by atomic mass is 19.1. The third-order valence-corrected chi connectivity index (χ3v) is 6.17.